The van der Waals surface area contributed by atoms with E-state index in [9.17, 15) is 0 Å². The minimum Gasteiger partial charge on any atom is -0.374 e. The molecule has 1 atom stereocenters. The van der Waals surface area contributed by atoms with E-state index in [-0.39, 0.29) is 0 Å². The van der Waals surface area contributed by atoms with Gasteiger partial charge in [-0.3, -0.25) is 4.90 Å². The summed E-state index contributed by atoms with van der Waals surface area (Å²) in [6.45, 7) is 6.09. The van der Waals surface area contributed by atoms with Crippen LogP contribution >= 0.6 is 0 Å². The number of fused-ring (bicyclic) bond motifs is 1. The van der Waals surface area contributed by atoms with Crippen molar-refractivity contribution in [2.45, 2.75) is 25.5 Å². The third kappa shape index (κ3) is 3.74. The van der Waals surface area contributed by atoms with E-state index in [4.69, 9.17) is 4.74 Å². The van der Waals surface area contributed by atoms with Crippen molar-refractivity contribution >= 4 is 5.52 Å². The first-order valence-corrected chi connectivity index (χ1v) is 8.71. The van der Waals surface area contributed by atoms with Crippen molar-refractivity contribution in [3.05, 3.63) is 36.2 Å². The van der Waals surface area contributed by atoms with Gasteiger partial charge in [-0.05, 0) is 37.9 Å². The Morgan fingerprint density at radius 1 is 1.30 bits per heavy atom. The highest BCUT2D eigenvalue weighted by atomic mass is 16.5. The van der Waals surface area contributed by atoms with Gasteiger partial charge >= 0.3 is 0 Å². The number of aromatic nitrogens is 2. The van der Waals surface area contributed by atoms with E-state index in [0.29, 0.717) is 6.10 Å². The first-order chi connectivity index (χ1) is 11.3. The summed E-state index contributed by atoms with van der Waals surface area (Å²) < 4.78 is 7.94. The summed E-state index contributed by atoms with van der Waals surface area (Å²) in [6.07, 6.45) is 7.16. The van der Waals surface area contributed by atoms with Gasteiger partial charge in [0.15, 0.2) is 0 Å². The van der Waals surface area contributed by atoms with Gasteiger partial charge in [-0.25, -0.2) is 4.52 Å². The summed E-state index contributed by atoms with van der Waals surface area (Å²) in [7, 11) is 2.23. The van der Waals surface area contributed by atoms with Crippen LogP contribution in [0.25, 0.3) is 5.52 Å². The average Bonchev–Trinajstić information content (AvgIpc) is 3.27. The summed E-state index contributed by atoms with van der Waals surface area (Å²) in [5.74, 6) is 0.943. The third-order valence-electron chi connectivity index (χ3n) is 4.91. The van der Waals surface area contributed by atoms with Gasteiger partial charge in [0, 0.05) is 44.5 Å². The topological polar surface area (TPSA) is 33.0 Å². The highest BCUT2D eigenvalue weighted by Crippen LogP contribution is 2.29. The molecule has 2 aromatic rings. The van der Waals surface area contributed by atoms with Crippen molar-refractivity contribution in [1.29, 1.82) is 0 Å². The molecule has 1 aliphatic heterocycles. The van der Waals surface area contributed by atoms with Crippen molar-refractivity contribution in [2.75, 3.05) is 39.8 Å². The number of ether oxygens (including phenoxy) is 1. The first kappa shape index (κ1) is 15.1. The standard InChI is InChI=1S/C18H26N4O/c1-20(11-15-5-6-15)13-17-14-21(8-9-23-17)12-16-10-19-22-7-3-2-4-18(16)22/h2-4,7,10,15,17H,5-6,8-9,11-14H2,1H3/t17-/m0/s1. The molecule has 0 radical (unpaired) electrons. The zero-order chi connectivity index (χ0) is 15.6. The van der Waals surface area contributed by atoms with Gasteiger partial charge in [0.2, 0.25) is 0 Å². The van der Waals surface area contributed by atoms with Gasteiger partial charge in [0.1, 0.15) is 0 Å². The summed E-state index contributed by atoms with van der Waals surface area (Å²) in [5.41, 5.74) is 2.51. The molecule has 4 rings (SSSR count). The molecule has 2 fully saturated rings. The van der Waals surface area contributed by atoms with Gasteiger partial charge in [-0.1, -0.05) is 6.07 Å². The van der Waals surface area contributed by atoms with Crippen molar-refractivity contribution in [2.24, 2.45) is 5.92 Å². The van der Waals surface area contributed by atoms with Crippen LogP contribution in [0.15, 0.2) is 30.6 Å². The highest BCUT2D eigenvalue weighted by Gasteiger charge is 2.26. The fourth-order valence-electron chi connectivity index (χ4n) is 3.55. The Kier molecular flexibility index (Phi) is 4.33. The molecule has 1 saturated heterocycles. The van der Waals surface area contributed by atoms with Crippen LogP contribution in [0.3, 0.4) is 0 Å². The number of pyridine rings is 1. The van der Waals surface area contributed by atoms with Gasteiger partial charge in [0.25, 0.3) is 0 Å². The molecule has 3 heterocycles. The van der Waals surface area contributed by atoms with Crippen LogP contribution in [-0.2, 0) is 11.3 Å². The Morgan fingerprint density at radius 3 is 3.09 bits per heavy atom. The predicted molar refractivity (Wildman–Crippen MR) is 90.4 cm³/mol. The fourth-order valence-corrected chi connectivity index (χ4v) is 3.55. The zero-order valence-electron chi connectivity index (χ0n) is 13.9. The number of nitrogens with zero attached hydrogens (tertiary/aromatic N) is 4. The number of hydrogen-bond acceptors (Lipinski definition) is 4. The van der Waals surface area contributed by atoms with Crippen molar-refractivity contribution in [1.82, 2.24) is 19.4 Å². The van der Waals surface area contributed by atoms with Crippen LogP contribution in [-0.4, -0.2) is 65.4 Å². The Morgan fingerprint density at radius 2 is 2.22 bits per heavy atom. The molecule has 5 heteroatoms. The van der Waals surface area contributed by atoms with E-state index in [1.54, 1.807) is 0 Å². The quantitative estimate of drug-likeness (QED) is 0.815. The Labute approximate surface area is 137 Å². The molecule has 2 aromatic heterocycles. The van der Waals surface area contributed by atoms with Gasteiger partial charge in [-0.2, -0.15) is 5.10 Å². The molecule has 124 valence electrons. The minimum atomic E-state index is 0.328. The van der Waals surface area contributed by atoms with Gasteiger partial charge < -0.3 is 9.64 Å². The summed E-state index contributed by atoms with van der Waals surface area (Å²) in [4.78, 5) is 4.95. The number of rotatable bonds is 6. The van der Waals surface area contributed by atoms with Crippen molar-refractivity contribution in [3.8, 4) is 0 Å². The first-order valence-electron chi connectivity index (χ1n) is 8.71. The van der Waals surface area contributed by atoms with E-state index >= 15 is 0 Å². The van der Waals surface area contributed by atoms with Crippen LogP contribution in [0.4, 0.5) is 0 Å². The van der Waals surface area contributed by atoms with Crippen LogP contribution in [0.1, 0.15) is 18.4 Å². The largest absolute Gasteiger partial charge is 0.374 e. The second kappa shape index (κ2) is 6.59. The van der Waals surface area contributed by atoms with E-state index in [1.807, 2.05) is 23.0 Å². The van der Waals surface area contributed by atoms with Crippen LogP contribution in [0.2, 0.25) is 0 Å². The molecule has 0 unspecified atom stereocenters. The molecule has 0 amide bonds. The Bertz CT molecular complexity index is 651. The normalized spacial score (nSPS) is 23.0. The maximum Gasteiger partial charge on any atom is 0.0829 e. The fraction of sp³-hybridized carbons (Fsp3) is 0.611. The van der Waals surface area contributed by atoms with E-state index in [0.717, 1.165) is 38.7 Å². The van der Waals surface area contributed by atoms with Crippen LogP contribution < -0.4 is 0 Å². The SMILES string of the molecule is CN(CC1CC1)C[C@H]1CN(Cc2cnn3ccccc23)CCO1. The van der Waals surface area contributed by atoms with Gasteiger partial charge in [0.05, 0.1) is 24.4 Å². The highest BCUT2D eigenvalue weighted by molar-refractivity contribution is 5.53. The van der Waals surface area contributed by atoms with E-state index < -0.39 is 0 Å². The maximum atomic E-state index is 5.98. The summed E-state index contributed by atoms with van der Waals surface area (Å²) in [6, 6.07) is 6.24. The summed E-state index contributed by atoms with van der Waals surface area (Å²) >= 11 is 0. The molecule has 0 spiro atoms. The van der Waals surface area contributed by atoms with Crippen molar-refractivity contribution < 1.29 is 4.74 Å². The van der Waals surface area contributed by atoms with Crippen LogP contribution in [0.5, 0.6) is 0 Å². The summed E-state index contributed by atoms with van der Waals surface area (Å²) in [5, 5.41) is 4.44. The molecule has 1 aliphatic carbocycles. The smallest absolute Gasteiger partial charge is 0.0829 e. The molecule has 0 aromatic carbocycles. The Hall–Kier alpha value is -1.43. The molecular formula is C18H26N4O. The molecule has 5 nitrogen and oxygen atoms in total. The van der Waals surface area contributed by atoms with Crippen molar-refractivity contribution in [3.63, 3.8) is 0 Å². The second-order valence-electron chi connectivity index (χ2n) is 7.09. The molecule has 2 aliphatic rings. The molecule has 0 bridgehead atoms. The number of morpholine rings is 1. The molecule has 1 saturated carbocycles. The number of likely N-dealkylation sites (N-methyl/N-ethyl adjacent to an activating group) is 1. The van der Waals surface area contributed by atoms with E-state index in [2.05, 4.69) is 34.1 Å². The maximum absolute atomic E-state index is 5.98. The third-order valence-corrected chi connectivity index (χ3v) is 4.91. The molecular weight excluding hydrogens is 288 g/mol. The number of hydrogen-bond donors (Lipinski definition) is 0. The lowest BCUT2D eigenvalue weighted by atomic mass is 10.2. The average molecular weight is 314 g/mol. The lowest BCUT2D eigenvalue weighted by Gasteiger charge is -2.34. The Balaban J connectivity index is 1.35. The van der Waals surface area contributed by atoms with Crippen LogP contribution in [0, 0.1) is 5.92 Å². The predicted octanol–water partition coefficient (Wildman–Crippen LogP) is 1.88. The van der Waals surface area contributed by atoms with Gasteiger partial charge in [-0.15, -0.1) is 0 Å². The van der Waals surface area contributed by atoms with E-state index in [1.165, 1.54) is 30.5 Å². The lowest BCUT2D eigenvalue weighted by Crippen LogP contribution is -2.46. The zero-order valence-corrected chi connectivity index (χ0v) is 13.9. The molecule has 0 N–H and O–H groups in total. The minimum absolute atomic E-state index is 0.328. The lowest BCUT2D eigenvalue weighted by molar-refractivity contribution is -0.0433. The monoisotopic (exact) mass is 314 g/mol. The second-order valence-corrected chi connectivity index (χ2v) is 7.09. The molecule has 23 heavy (non-hydrogen) atoms.